The van der Waals surface area contributed by atoms with Crippen molar-refractivity contribution < 1.29 is 35.9 Å². The van der Waals surface area contributed by atoms with Crippen molar-refractivity contribution in [2.45, 2.75) is 59.8 Å². The predicted octanol–water partition coefficient (Wildman–Crippen LogP) is 7.07. The first-order chi connectivity index (χ1) is 18.1. The number of aryl methyl sites for hydroxylation is 2. The van der Waals surface area contributed by atoms with E-state index in [0.717, 1.165) is 36.3 Å². The molecule has 1 N–H and O–H groups in total. The highest BCUT2D eigenvalue weighted by Gasteiger charge is 2.37. The Morgan fingerprint density at radius 3 is 1.87 bits per heavy atom. The Morgan fingerprint density at radius 2 is 1.41 bits per heavy atom. The monoisotopic (exact) mass is 559 g/mol. The molecule has 0 saturated carbocycles. The first kappa shape index (κ1) is 32.1. The van der Waals surface area contributed by atoms with Gasteiger partial charge in [-0.15, -0.1) is 0 Å². The van der Waals surface area contributed by atoms with Crippen LogP contribution < -0.4 is 10.2 Å². The molecular formula is C28H35F6N3O2. The second-order valence-electron chi connectivity index (χ2n) is 9.61. The van der Waals surface area contributed by atoms with E-state index in [-0.39, 0.29) is 12.0 Å². The van der Waals surface area contributed by atoms with Crippen LogP contribution in [-0.4, -0.2) is 42.9 Å². The normalized spacial score (nSPS) is 12.9. The van der Waals surface area contributed by atoms with E-state index in [2.05, 4.69) is 17.1 Å². The first-order valence-corrected chi connectivity index (χ1v) is 12.8. The summed E-state index contributed by atoms with van der Waals surface area (Å²) in [5, 5.41) is 2.11. The third-order valence-electron chi connectivity index (χ3n) is 6.39. The zero-order valence-electron chi connectivity index (χ0n) is 22.8. The largest absolute Gasteiger partial charge is 0.416 e. The standard InChI is InChI=1S/C28H35F6N3O2/c1-6-11-36(7-2)12-13-37(25-18(3)9-8-10-19(25)4)26(39)20(5)14-24(38)35-23-16-21(27(29,30)31)15-22(17-23)28(32,33)34/h8-10,15-17,20H,6-7,11-14H2,1-5H3,(H,35,38). The van der Waals surface area contributed by atoms with E-state index in [0.29, 0.717) is 25.2 Å². The smallest absolute Gasteiger partial charge is 0.326 e. The maximum atomic E-state index is 13.6. The maximum absolute atomic E-state index is 13.6. The molecule has 216 valence electrons. The number of nitrogens with zero attached hydrogens (tertiary/aromatic N) is 2. The van der Waals surface area contributed by atoms with E-state index >= 15 is 0 Å². The average Bonchev–Trinajstić information content (AvgIpc) is 2.83. The van der Waals surface area contributed by atoms with Gasteiger partial charge in [-0.05, 0) is 62.7 Å². The van der Waals surface area contributed by atoms with Gasteiger partial charge in [-0.3, -0.25) is 9.59 Å². The fraction of sp³-hybridized carbons (Fsp3) is 0.500. The molecule has 0 bridgehead atoms. The minimum Gasteiger partial charge on any atom is -0.326 e. The van der Waals surface area contributed by atoms with E-state index < -0.39 is 47.4 Å². The van der Waals surface area contributed by atoms with Gasteiger partial charge in [-0.2, -0.15) is 26.3 Å². The van der Waals surface area contributed by atoms with Gasteiger partial charge in [0.1, 0.15) is 0 Å². The molecule has 0 radical (unpaired) electrons. The molecule has 2 amide bonds. The lowest BCUT2D eigenvalue weighted by molar-refractivity contribution is -0.143. The molecule has 1 atom stereocenters. The van der Waals surface area contributed by atoms with E-state index in [1.54, 1.807) is 4.90 Å². The van der Waals surface area contributed by atoms with Crippen LogP contribution in [0.1, 0.15) is 55.9 Å². The lowest BCUT2D eigenvalue weighted by Crippen LogP contribution is -2.42. The SMILES string of the molecule is CCCN(CC)CCN(C(=O)C(C)CC(=O)Nc1cc(C(F)(F)F)cc(C(F)(F)F)c1)c1c(C)cccc1C. The van der Waals surface area contributed by atoms with Crippen molar-refractivity contribution in [3.63, 3.8) is 0 Å². The first-order valence-electron chi connectivity index (χ1n) is 12.8. The second-order valence-corrected chi connectivity index (χ2v) is 9.61. The summed E-state index contributed by atoms with van der Waals surface area (Å²) in [4.78, 5) is 30.1. The van der Waals surface area contributed by atoms with Gasteiger partial charge in [0.15, 0.2) is 0 Å². The van der Waals surface area contributed by atoms with E-state index in [9.17, 15) is 35.9 Å². The highest BCUT2D eigenvalue weighted by atomic mass is 19.4. The molecule has 1 unspecified atom stereocenters. The molecule has 0 aliphatic heterocycles. The summed E-state index contributed by atoms with van der Waals surface area (Å²) in [5.41, 5.74) is -1.28. The van der Waals surface area contributed by atoms with Gasteiger partial charge in [-0.25, -0.2) is 0 Å². The molecule has 39 heavy (non-hydrogen) atoms. The van der Waals surface area contributed by atoms with Crippen LogP contribution in [0.2, 0.25) is 0 Å². The van der Waals surface area contributed by atoms with Gasteiger partial charge in [-0.1, -0.05) is 39.0 Å². The lowest BCUT2D eigenvalue weighted by Gasteiger charge is -2.31. The van der Waals surface area contributed by atoms with Crippen molar-refractivity contribution in [3.05, 3.63) is 58.7 Å². The molecule has 0 saturated heterocycles. The van der Waals surface area contributed by atoms with Crippen molar-refractivity contribution in [1.82, 2.24) is 4.90 Å². The molecule has 2 aromatic rings. The zero-order chi connectivity index (χ0) is 29.5. The summed E-state index contributed by atoms with van der Waals surface area (Å²) in [6, 6.07) is 6.48. The van der Waals surface area contributed by atoms with Gasteiger partial charge in [0, 0.05) is 36.8 Å². The molecule has 2 rings (SSSR count). The molecule has 0 aromatic heterocycles. The number of carbonyl (C=O) groups excluding carboxylic acids is 2. The average molecular weight is 560 g/mol. The van der Waals surface area contributed by atoms with Crippen LogP contribution in [0.15, 0.2) is 36.4 Å². The number of carbonyl (C=O) groups is 2. The quantitative estimate of drug-likeness (QED) is 0.300. The number of alkyl halides is 6. The van der Waals surface area contributed by atoms with E-state index in [4.69, 9.17) is 0 Å². The van der Waals surface area contributed by atoms with E-state index in [1.807, 2.05) is 39.0 Å². The van der Waals surface area contributed by atoms with Crippen LogP contribution in [-0.2, 0) is 21.9 Å². The van der Waals surface area contributed by atoms with Crippen LogP contribution in [0.4, 0.5) is 37.7 Å². The summed E-state index contributed by atoms with van der Waals surface area (Å²) in [7, 11) is 0. The van der Waals surface area contributed by atoms with Gasteiger partial charge < -0.3 is 15.1 Å². The number of para-hydroxylation sites is 1. The van der Waals surface area contributed by atoms with Crippen molar-refractivity contribution in [1.29, 1.82) is 0 Å². The summed E-state index contributed by atoms with van der Waals surface area (Å²) < 4.78 is 79.0. The van der Waals surface area contributed by atoms with E-state index in [1.165, 1.54) is 6.92 Å². The maximum Gasteiger partial charge on any atom is 0.416 e. The summed E-state index contributed by atoms with van der Waals surface area (Å²) in [6.07, 6.45) is -9.57. The molecule has 0 fully saturated rings. The molecule has 0 aliphatic carbocycles. The Labute approximate surface area is 225 Å². The predicted molar refractivity (Wildman–Crippen MR) is 140 cm³/mol. The van der Waals surface area contributed by atoms with Crippen LogP contribution in [0.3, 0.4) is 0 Å². The topological polar surface area (TPSA) is 52.7 Å². The highest BCUT2D eigenvalue weighted by molar-refractivity contribution is 6.00. The molecule has 0 spiro atoms. The third-order valence-corrected chi connectivity index (χ3v) is 6.39. The highest BCUT2D eigenvalue weighted by Crippen LogP contribution is 2.37. The van der Waals surface area contributed by atoms with Gasteiger partial charge >= 0.3 is 12.4 Å². The van der Waals surface area contributed by atoms with Crippen molar-refractivity contribution in [2.75, 3.05) is 36.4 Å². The second kappa shape index (κ2) is 13.3. The number of rotatable bonds is 11. The number of amides is 2. The number of likely N-dealkylation sites (N-methyl/N-ethyl adjacent to an activating group) is 1. The number of hydrogen-bond acceptors (Lipinski definition) is 3. The fourth-order valence-electron chi connectivity index (χ4n) is 4.42. The van der Waals surface area contributed by atoms with Gasteiger partial charge in [0.25, 0.3) is 0 Å². The van der Waals surface area contributed by atoms with Crippen molar-refractivity contribution in [3.8, 4) is 0 Å². The number of hydrogen-bond donors (Lipinski definition) is 1. The Morgan fingerprint density at radius 1 is 0.872 bits per heavy atom. The molecule has 5 nitrogen and oxygen atoms in total. The van der Waals surface area contributed by atoms with Crippen LogP contribution >= 0.6 is 0 Å². The van der Waals surface area contributed by atoms with Crippen molar-refractivity contribution in [2.24, 2.45) is 5.92 Å². The Kier molecular flexibility index (Phi) is 11.0. The Hall–Kier alpha value is -3.08. The third kappa shape index (κ3) is 8.98. The van der Waals surface area contributed by atoms with Crippen LogP contribution in [0, 0.1) is 19.8 Å². The number of benzene rings is 2. The lowest BCUT2D eigenvalue weighted by atomic mass is 10.0. The summed E-state index contributed by atoms with van der Waals surface area (Å²) in [5.74, 6) is -2.13. The summed E-state index contributed by atoms with van der Waals surface area (Å²) in [6.45, 7) is 11.9. The van der Waals surface area contributed by atoms with Gasteiger partial charge in [0.2, 0.25) is 11.8 Å². The molecule has 0 heterocycles. The fourth-order valence-corrected chi connectivity index (χ4v) is 4.42. The molecule has 0 aliphatic rings. The molecular weight excluding hydrogens is 524 g/mol. The Balaban J connectivity index is 2.28. The Bertz CT molecular complexity index is 1090. The molecule has 2 aromatic carbocycles. The zero-order valence-corrected chi connectivity index (χ0v) is 22.8. The minimum atomic E-state index is -5.04. The number of nitrogens with one attached hydrogen (secondary N) is 1. The van der Waals surface area contributed by atoms with Crippen LogP contribution in [0.5, 0.6) is 0 Å². The minimum absolute atomic E-state index is 0.0116. The van der Waals surface area contributed by atoms with Gasteiger partial charge in [0.05, 0.1) is 11.1 Å². The van der Waals surface area contributed by atoms with Crippen molar-refractivity contribution >= 4 is 23.2 Å². The number of anilines is 2. The summed E-state index contributed by atoms with van der Waals surface area (Å²) >= 11 is 0. The van der Waals surface area contributed by atoms with Crippen LogP contribution in [0.25, 0.3) is 0 Å². The number of halogens is 6. The molecule has 11 heteroatoms.